The maximum atomic E-state index is 13.0. The topological polar surface area (TPSA) is 59.5 Å². The standard InChI is InChI=1S/C21H22N2O2.ClH/c1-13-7-6-10-16-14(2)20(25-19(13)16)21(24)23-11-17(18(22)12-23)15-8-4-3-5-9-15;/h3-10,17-18H,11-12,22H2,1-2H3;1H/t17-,18+;/m0./s1. The van der Waals surface area contributed by atoms with Crippen LogP contribution in [-0.4, -0.2) is 29.9 Å². The predicted molar refractivity (Wildman–Crippen MR) is 106 cm³/mol. The minimum atomic E-state index is -0.0676. The minimum Gasteiger partial charge on any atom is -0.450 e. The lowest BCUT2D eigenvalue weighted by atomic mass is 9.95. The molecule has 2 N–H and O–H groups in total. The minimum absolute atomic E-state index is 0. The van der Waals surface area contributed by atoms with E-state index in [1.165, 1.54) is 5.56 Å². The lowest BCUT2D eigenvalue weighted by Crippen LogP contribution is -2.32. The molecule has 5 heteroatoms. The average Bonchev–Trinajstić information content (AvgIpc) is 3.17. The van der Waals surface area contributed by atoms with Gasteiger partial charge in [0.25, 0.3) is 5.91 Å². The van der Waals surface area contributed by atoms with E-state index in [2.05, 4.69) is 12.1 Å². The molecule has 1 aliphatic rings. The molecule has 2 heterocycles. The van der Waals surface area contributed by atoms with Gasteiger partial charge in [0.05, 0.1) is 0 Å². The third-order valence-electron chi connectivity index (χ3n) is 5.23. The van der Waals surface area contributed by atoms with Gasteiger partial charge in [-0.3, -0.25) is 4.79 Å². The van der Waals surface area contributed by atoms with Crippen LogP contribution in [0.1, 0.15) is 33.2 Å². The highest BCUT2D eigenvalue weighted by atomic mass is 35.5. The molecule has 3 aromatic rings. The highest BCUT2D eigenvalue weighted by Crippen LogP contribution is 2.31. The summed E-state index contributed by atoms with van der Waals surface area (Å²) in [6, 6.07) is 16.1. The van der Waals surface area contributed by atoms with Crippen molar-refractivity contribution in [3.8, 4) is 0 Å². The molecule has 4 rings (SSSR count). The number of amides is 1. The number of likely N-dealkylation sites (tertiary alicyclic amines) is 1. The molecule has 1 aliphatic heterocycles. The Morgan fingerprint density at radius 3 is 2.50 bits per heavy atom. The summed E-state index contributed by atoms with van der Waals surface area (Å²) in [5.41, 5.74) is 10.3. The largest absolute Gasteiger partial charge is 0.450 e. The number of hydrogen-bond acceptors (Lipinski definition) is 3. The van der Waals surface area contributed by atoms with Crippen molar-refractivity contribution in [2.75, 3.05) is 13.1 Å². The number of furan rings is 1. The molecule has 1 amide bonds. The monoisotopic (exact) mass is 370 g/mol. The Balaban J connectivity index is 0.00000196. The number of carbonyl (C=O) groups excluding carboxylic acids is 1. The summed E-state index contributed by atoms with van der Waals surface area (Å²) in [4.78, 5) is 14.9. The molecular weight excluding hydrogens is 348 g/mol. The molecule has 136 valence electrons. The Hall–Kier alpha value is -2.30. The molecule has 0 spiro atoms. The summed E-state index contributed by atoms with van der Waals surface area (Å²) in [6.07, 6.45) is 0. The van der Waals surface area contributed by atoms with Crippen LogP contribution in [0.3, 0.4) is 0 Å². The summed E-state index contributed by atoms with van der Waals surface area (Å²) in [5.74, 6) is 0.531. The van der Waals surface area contributed by atoms with Gasteiger partial charge in [-0.2, -0.15) is 0 Å². The van der Waals surface area contributed by atoms with Crippen molar-refractivity contribution in [2.24, 2.45) is 5.73 Å². The molecule has 0 bridgehead atoms. The van der Waals surface area contributed by atoms with Gasteiger partial charge in [-0.1, -0.05) is 48.5 Å². The van der Waals surface area contributed by atoms with Gasteiger partial charge in [0, 0.05) is 36.0 Å². The Kier molecular flexibility index (Phi) is 5.08. The first kappa shape index (κ1) is 18.5. The number of carbonyl (C=O) groups is 1. The predicted octanol–water partition coefficient (Wildman–Crippen LogP) is 4.04. The number of aryl methyl sites for hydroxylation is 2. The van der Waals surface area contributed by atoms with Crippen LogP contribution in [0.2, 0.25) is 0 Å². The van der Waals surface area contributed by atoms with E-state index in [-0.39, 0.29) is 30.3 Å². The number of para-hydroxylation sites is 1. The summed E-state index contributed by atoms with van der Waals surface area (Å²) < 4.78 is 5.95. The molecule has 0 radical (unpaired) electrons. The van der Waals surface area contributed by atoms with Crippen LogP contribution in [-0.2, 0) is 0 Å². The lowest BCUT2D eigenvalue weighted by molar-refractivity contribution is 0.0759. The summed E-state index contributed by atoms with van der Waals surface area (Å²) in [6.45, 7) is 5.12. The normalized spacial score (nSPS) is 19.6. The van der Waals surface area contributed by atoms with Gasteiger partial charge < -0.3 is 15.1 Å². The number of benzene rings is 2. The molecule has 4 nitrogen and oxygen atoms in total. The number of rotatable bonds is 2. The third-order valence-corrected chi connectivity index (χ3v) is 5.23. The number of fused-ring (bicyclic) bond motifs is 1. The van der Waals surface area contributed by atoms with E-state index in [9.17, 15) is 4.79 Å². The van der Waals surface area contributed by atoms with Crippen molar-refractivity contribution in [2.45, 2.75) is 25.8 Å². The highest BCUT2D eigenvalue weighted by Gasteiger charge is 2.36. The van der Waals surface area contributed by atoms with E-state index in [1.54, 1.807) is 0 Å². The fraction of sp³-hybridized carbons (Fsp3) is 0.286. The Labute approximate surface area is 159 Å². The van der Waals surface area contributed by atoms with E-state index in [4.69, 9.17) is 10.2 Å². The first-order chi connectivity index (χ1) is 12.1. The van der Waals surface area contributed by atoms with Crippen LogP contribution >= 0.6 is 12.4 Å². The average molecular weight is 371 g/mol. The highest BCUT2D eigenvalue weighted by molar-refractivity contribution is 5.99. The maximum absolute atomic E-state index is 13.0. The van der Waals surface area contributed by atoms with Gasteiger partial charge in [-0.25, -0.2) is 0 Å². The van der Waals surface area contributed by atoms with Crippen LogP contribution in [0.5, 0.6) is 0 Å². The summed E-state index contributed by atoms with van der Waals surface area (Å²) in [5, 5.41) is 1.01. The molecule has 26 heavy (non-hydrogen) atoms. The smallest absolute Gasteiger partial charge is 0.289 e. The molecule has 2 atom stereocenters. The second-order valence-electron chi connectivity index (χ2n) is 6.90. The van der Waals surface area contributed by atoms with Crippen molar-refractivity contribution >= 4 is 29.3 Å². The fourth-order valence-electron chi connectivity index (χ4n) is 3.78. The molecule has 0 saturated carbocycles. The van der Waals surface area contributed by atoms with E-state index in [0.29, 0.717) is 18.8 Å². The maximum Gasteiger partial charge on any atom is 0.289 e. The van der Waals surface area contributed by atoms with Crippen molar-refractivity contribution in [3.63, 3.8) is 0 Å². The van der Waals surface area contributed by atoms with Crippen LogP contribution < -0.4 is 5.73 Å². The molecular formula is C21H23ClN2O2. The molecule has 1 fully saturated rings. The van der Waals surface area contributed by atoms with Crippen molar-refractivity contribution < 1.29 is 9.21 Å². The summed E-state index contributed by atoms with van der Waals surface area (Å²) >= 11 is 0. The first-order valence-corrected chi connectivity index (χ1v) is 8.64. The van der Waals surface area contributed by atoms with Gasteiger partial charge in [0.1, 0.15) is 5.58 Å². The quantitative estimate of drug-likeness (QED) is 0.740. The number of halogens is 1. The fourth-order valence-corrected chi connectivity index (χ4v) is 3.78. The second-order valence-corrected chi connectivity index (χ2v) is 6.90. The molecule has 0 unspecified atom stereocenters. The van der Waals surface area contributed by atoms with Gasteiger partial charge in [0.15, 0.2) is 5.76 Å². The van der Waals surface area contributed by atoms with Crippen LogP contribution in [0.25, 0.3) is 11.0 Å². The van der Waals surface area contributed by atoms with E-state index < -0.39 is 0 Å². The zero-order chi connectivity index (χ0) is 17.6. The number of nitrogens with zero attached hydrogens (tertiary/aromatic N) is 1. The Morgan fingerprint density at radius 2 is 1.81 bits per heavy atom. The Bertz CT molecular complexity index is 936. The lowest BCUT2D eigenvalue weighted by Gasteiger charge is -2.15. The van der Waals surface area contributed by atoms with Crippen molar-refractivity contribution in [1.82, 2.24) is 4.90 Å². The zero-order valence-electron chi connectivity index (χ0n) is 14.9. The summed E-state index contributed by atoms with van der Waals surface area (Å²) in [7, 11) is 0. The Morgan fingerprint density at radius 1 is 1.08 bits per heavy atom. The van der Waals surface area contributed by atoms with Crippen LogP contribution in [0.15, 0.2) is 52.9 Å². The molecule has 1 saturated heterocycles. The number of hydrogen-bond donors (Lipinski definition) is 1. The third kappa shape index (κ3) is 3.00. The molecule has 2 aromatic carbocycles. The molecule has 0 aliphatic carbocycles. The van der Waals surface area contributed by atoms with E-state index in [1.807, 2.05) is 55.1 Å². The SMILES string of the molecule is Cc1c(C(=O)N2C[C@@H](N)[C@H](c3ccccc3)C2)oc2c(C)cccc12.Cl. The van der Waals surface area contributed by atoms with Gasteiger partial charge in [-0.05, 0) is 25.0 Å². The van der Waals surface area contributed by atoms with Gasteiger partial charge in [0.2, 0.25) is 0 Å². The zero-order valence-corrected chi connectivity index (χ0v) is 15.8. The van der Waals surface area contributed by atoms with E-state index >= 15 is 0 Å². The second kappa shape index (κ2) is 7.14. The molecule has 1 aromatic heterocycles. The van der Waals surface area contributed by atoms with Gasteiger partial charge in [-0.15, -0.1) is 12.4 Å². The first-order valence-electron chi connectivity index (χ1n) is 8.64. The van der Waals surface area contributed by atoms with Crippen molar-refractivity contribution in [1.29, 1.82) is 0 Å². The number of nitrogens with two attached hydrogens (primary N) is 1. The van der Waals surface area contributed by atoms with E-state index in [0.717, 1.165) is 22.1 Å². The van der Waals surface area contributed by atoms with Crippen LogP contribution in [0.4, 0.5) is 0 Å². The van der Waals surface area contributed by atoms with Gasteiger partial charge >= 0.3 is 0 Å². The van der Waals surface area contributed by atoms with Crippen molar-refractivity contribution in [3.05, 3.63) is 71.0 Å². The van der Waals surface area contributed by atoms with Crippen LogP contribution in [0, 0.1) is 13.8 Å².